The highest BCUT2D eigenvalue weighted by molar-refractivity contribution is 5.89. The molecule has 0 aliphatic heterocycles. The molecule has 0 N–H and O–H groups in total. The smallest absolute Gasteiger partial charge is 0.338 e. The first-order valence-electron chi connectivity index (χ1n) is 6.70. The predicted molar refractivity (Wildman–Crippen MR) is 77.4 cm³/mol. The molecule has 0 aromatic heterocycles. The fourth-order valence-corrected chi connectivity index (χ4v) is 1.75. The molecule has 0 heterocycles. The Labute approximate surface area is 119 Å². The Morgan fingerprint density at radius 2 is 1.50 bits per heavy atom. The Kier molecular flexibility index (Phi) is 5.80. The van der Waals surface area contributed by atoms with Crippen molar-refractivity contribution in [1.82, 2.24) is 0 Å². The van der Waals surface area contributed by atoms with E-state index in [1.807, 2.05) is 48.5 Å². The molecule has 0 amide bonds. The number of esters is 1. The largest absolute Gasteiger partial charge is 0.462 e. The van der Waals surface area contributed by atoms with Crippen LogP contribution in [0.1, 0.15) is 22.3 Å². The maximum atomic E-state index is 11.6. The van der Waals surface area contributed by atoms with Gasteiger partial charge in [0.25, 0.3) is 0 Å². The van der Waals surface area contributed by atoms with Crippen LogP contribution in [0.5, 0.6) is 0 Å². The number of hydrogen-bond donors (Lipinski definition) is 0. The summed E-state index contributed by atoms with van der Waals surface area (Å²) >= 11 is 0. The normalized spacial score (nSPS) is 10.2. The van der Waals surface area contributed by atoms with Crippen LogP contribution in [-0.4, -0.2) is 19.2 Å². The molecule has 3 nitrogen and oxygen atoms in total. The molecule has 0 saturated heterocycles. The molecule has 0 bridgehead atoms. The fourth-order valence-electron chi connectivity index (χ4n) is 1.75. The van der Waals surface area contributed by atoms with Gasteiger partial charge < -0.3 is 9.47 Å². The van der Waals surface area contributed by atoms with Gasteiger partial charge in [-0.25, -0.2) is 4.79 Å². The quantitative estimate of drug-likeness (QED) is 0.571. The van der Waals surface area contributed by atoms with Gasteiger partial charge in [0.15, 0.2) is 0 Å². The van der Waals surface area contributed by atoms with Crippen LogP contribution in [0, 0.1) is 0 Å². The second-order valence-electron chi connectivity index (χ2n) is 4.39. The van der Waals surface area contributed by atoms with E-state index in [0.29, 0.717) is 31.8 Å². The topological polar surface area (TPSA) is 35.5 Å². The summed E-state index contributed by atoms with van der Waals surface area (Å²) in [6.07, 6.45) is 0.700. The molecule has 104 valence electrons. The van der Waals surface area contributed by atoms with Crippen molar-refractivity contribution in [3.8, 4) is 0 Å². The molecule has 0 aliphatic carbocycles. The van der Waals surface area contributed by atoms with Crippen LogP contribution in [0.3, 0.4) is 0 Å². The minimum atomic E-state index is -0.284. The maximum absolute atomic E-state index is 11.6. The second kappa shape index (κ2) is 8.12. The molecular formula is C17H18O3. The van der Waals surface area contributed by atoms with E-state index in [9.17, 15) is 4.79 Å². The van der Waals surface area contributed by atoms with Crippen molar-refractivity contribution >= 4 is 5.97 Å². The zero-order valence-electron chi connectivity index (χ0n) is 11.3. The average Bonchev–Trinajstić information content (AvgIpc) is 2.52. The Hall–Kier alpha value is -2.13. The van der Waals surface area contributed by atoms with Gasteiger partial charge in [-0.1, -0.05) is 48.5 Å². The van der Waals surface area contributed by atoms with E-state index < -0.39 is 0 Å². The molecule has 0 fully saturated rings. The number of hydrogen-bond acceptors (Lipinski definition) is 3. The zero-order chi connectivity index (χ0) is 14.0. The first-order chi connectivity index (χ1) is 9.86. The molecule has 0 unspecified atom stereocenters. The van der Waals surface area contributed by atoms with Crippen LogP contribution in [0.2, 0.25) is 0 Å². The Morgan fingerprint density at radius 3 is 2.20 bits per heavy atom. The van der Waals surface area contributed by atoms with E-state index >= 15 is 0 Å². The lowest BCUT2D eigenvalue weighted by molar-refractivity contribution is 0.0434. The lowest BCUT2D eigenvalue weighted by Gasteiger charge is -2.06. The Bertz CT molecular complexity index is 508. The maximum Gasteiger partial charge on any atom is 0.338 e. The van der Waals surface area contributed by atoms with E-state index in [1.54, 1.807) is 12.1 Å². The summed E-state index contributed by atoms with van der Waals surface area (Å²) < 4.78 is 10.7. The van der Waals surface area contributed by atoms with Crippen molar-refractivity contribution in [2.75, 3.05) is 13.2 Å². The first-order valence-corrected chi connectivity index (χ1v) is 6.70. The molecule has 2 aromatic rings. The van der Waals surface area contributed by atoms with Gasteiger partial charge in [0.05, 0.1) is 25.4 Å². The third kappa shape index (κ3) is 4.86. The van der Waals surface area contributed by atoms with Crippen LogP contribution in [-0.2, 0) is 16.1 Å². The fraction of sp³-hybridized carbons (Fsp3) is 0.235. The summed E-state index contributed by atoms with van der Waals surface area (Å²) in [5.41, 5.74) is 1.73. The monoisotopic (exact) mass is 270 g/mol. The van der Waals surface area contributed by atoms with Gasteiger partial charge >= 0.3 is 5.97 Å². The van der Waals surface area contributed by atoms with Crippen LogP contribution in [0.15, 0.2) is 60.7 Å². The molecule has 3 heteroatoms. The van der Waals surface area contributed by atoms with Crippen molar-refractivity contribution in [2.45, 2.75) is 13.0 Å². The molecular weight excluding hydrogens is 252 g/mol. The van der Waals surface area contributed by atoms with Gasteiger partial charge in [-0.15, -0.1) is 0 Å². The molecule has 2 aromatic carbocycles. The number of carbonyl (C=O) groups is 1. The number of benzene rings is 2. The van der Waals surface area contributed by atoms with Gasteiger partial charge in [-0.05, 0) is 17.7 Å². The molecule has 20 heavy (non-hydrogen) atoms. The number of carbonyl (C=O) groups excluding carboxylic acids is 1. The minimum Gasteiger partial charge on any atom is -0.462 e. The van der Waals surface area contributed by atoms with Gasteiger partial charge in [-0.2, -0.15) is 0 Å². The van der Waals surface area contributed by atoms with E-state index in [2.05, 4.69) is 0 Å². The summed E-state index contributed by atoms with van der Waals surface area (Å²) in [6, 6.07) is 19.0. The second-order valence-corrected chi connectivity index (χ2v) is 4.39. The molecule has 0 saturated carbocycles. The van der Waals surface area contributed by atoms with Crippen LogP contribution in [0.4, 0.5) is 0 Å². The lowest BCUT2D eigenvalue weighted by atomic mass is 10.2. The molecule has 2 rings (SSSR count). The highest BCUT2D eigenvalue weighted by atomic mass is 16.5. The predicted octanol–water partition coefficient (Wildman–Crippen LogP) is 3.45. The van der Waals surface area contributed by atoms with E-state index in [1.165, 1.54) is 0 Å². The molecule has 0 radical (unpaired) electrons. The standard InChI is InChI=1S/C17H18O3/c18-17(16-10-5-2-6-11-16)20-13-7-12-19-14-15-8-3-1-4-9-15/h1-6,8-11H,7,12-14H2. The van der Waals surface area contributed by atoms with Crippen molar-refractivity contribution in [3.63, 3.8) is 0 Å². The minimum absolute atomic E-state index is 0.284. The van der Waals surface area contributed by atoms with Crippen LogP contribution >= 0.6 is 0 Å². The number of ether oxygens (including phenoxy) is 2. The third-order valence-electron chi connectivity index (χ3n) is 2.79. The van der Waals surface area contributed by atoms with Crippen molar-refractivity contribution < 1.29 is 14.3 Å². The van der Waals surface area contributed by atoms with E-state index in [4.69, 9.17) is 9.47 Å². The summed E-state index contributed by atoms with van der Waals surface area (Å²) in [4.78, 5) is 11.6. The van der Waals surface area contributed by atoms with Gasteiger partial charge in [0, 0.05) is 6.42 Å². The van der Waals surface area contributed by atoms with Crippen LogP contribution < -0.4 is 0 Å². The van der Waals surface area contributed by atoms with Gasteiger partial charge in [0.2, 0.25) is 0 Å². The average molecular weight is 270 g/mol. The SMILES string of the molecule is O=C(OCCCOCc1ccccc1)c1ccccc1. The molecule has 0 atom stereocenters. The molecule has 0 aliphatic rings. The first kappa shape index (κ1) is 14.3. The molecule has 0 spiro atoms. The third-order valence-corrected chi connectivity index (χ3v) is 2.79. The van der Waals surface area contributed by atoms with Crippen molar-refractivity contribution in [2.24, 2.45) is 0 Å². The van der Waals surface area contributed by atoms with Crippen molar-refractivity contribution in [3.05, 3.63) is 71.8 Å². The van der Waals surface area contributed by atoms with E-state index in [0.717, 1.165) is 5.56 Å². The summed E-state index contributed by atoms with van der Waals surface area (Å²) in [5.74, 6) is -0.284. The van der Waals surface area contributed by atoms with Gasteiger partial charge in [0.1, 0.15) is 0 Å². The van der Waals surface area contributed by atoms with E-state index in [-0.39, 0.29) is 5.97 Å². The highest BCUT2D eigenvalue weighted by Crippen LogP contribution is 2.03. The summed E-state index contributed by atoms with van der Waals surface area (Å²) in [6.45, 7) is 1.55. The van der Waals surface area contributed by atoms with Crippen molar-refractivity contribution in [1.29, 1.82) is 0 Å². The number of rotatable bonds is 7. The van der Waals surface area contributed by atoms with Gasteiger partial charge in [-0.3, -0.25) is 0 Å². The highest BCUT2D eigenvalue weighted by Gasteiger charge is 2.04. The zero-order valence-corrected chi connectivity index (χ0v) is 11.3. The lowest BCUT2D eigenvalue weighted by Crippen LogP contribution is -2.08. The summed E-state index contributed by atoms with van der Waals surface area (Å²) in [7, 11) is 0. The summed E-state index contributed by atoms with van der Waals surface area (Å²) in [5, 5.41) is 0. The Balaban J connectivity index is 1.57. The Morgan fingerprint density at radius 1 is 0.850 bits per heavy atom. The van der Waals surface area contributed by atoms with Crippen LogP contribution in [0.25, 0.3) is 0 Å².